The number of nitrogens with zero attached hydrogens (tertiary/aromatic N) is 1. The van der Waals surface area contributed by atoms with Crippen LogP contribution in [0, 0.1) is 10.1 Å². The number of carbonyl (C=O) groups excluding carboxylic acids is 2. The highest BCUT2D eigenvalue weighted by Gasteiger charge is 2.15. The molecule has 0 aliphatic heterocycles. The number of benzene rings is 2. The van der Waals surface area contributed by atoms with E-state index in [1.807, 2.05) is 30.3 Å². The fourth-order valence-corrected chi connectivity index (χ4v) is 2.46. The summed E-state index contributed by atoms with van der Waals surface area (Å²) >= 11 is 0. The second-order valence-corrected chi connectivity index (χ2v) is 5.81. The molecule has 0 fully saturated rings. The minimum absolute atomic E-state index is 0.0230. The highest BCUT2D eigenvalue weighted by atomic mass is 16.6. The molecule has 0 aliphatic carbocycles. The van der Waals surface area contributed by atoms with Crippen molar-refractivity contribution in [2.45, 2.75) is 19.8 Å². The van der Waals surface area contributed by atoms with Crippen LogP contribution in [0.3, 0.4) is 0 Å². The van der Waals surface area contributed by atoms with Gasteiger partial charge in [0, 0.05) is 18.7 Å². The molecule has 2 aromatic carbocycles. The smallest absolute Gasteiger partial charge is 0.270 e. The molecule has 1 amide bonds. The average molecular weight is 352 g/mol. The summed E-state index contributed by atoms with van der Waals surface area (Å²) in [6.07, 6.45) is 2.95. The van der Waals surface area contributed by atoms with Gasteiger partial charge in [-0.3, -0.25) is 19.7 Å². The third-order valence-corrected chi connectivity index (χ3v) is 3.79. The van der Waals surface area contributed by atoms with E-state index in [2.05, 4.69) is 5.32 Å². The average Bonchev–Trinajstić information content (AvgIpc) is 2.64. The Kier molecular flexibility index (Phi) is 6.79. The molecular formula is C20H20N2O4. The van der Waals surface area contributed by atoms with E-state index in [-0.39, 0.29) is 11.3 Å². The van der Waals surface area contributed by atoms with Crippen LogP contribution in [0.2, 0.25) is 0 Å². The lowest BCUT2D eigenvalue weighted by atomic mass is 10.1. The van der Waals surface area contributed by atoms with Crippen LogP contribution in [-0.2, 0) is 16.0 Å². The summed E-state index contributed by atoms with van der Waals surface area (Å²) in [7, 11) is 0. The van der Waals surface area contributed by atoms with Gasteiger partial charge in [-0.25, -0.2) is 0 Å². The number of carbonyl (C=O) groups is 2. The van der Waals surface area contributed by atoms with Crippen LogP contribution < -0.4 is 5.32 Å². The number of aryl methyl sites for hydroxylation is 1. The summed E-state index contributed by atoms with van der Waals surface area (Å²) in [5.41, 5.74) is 1.50. The van der Waals surface area contributed by atoms with E-state index in [1.54, 1.807) is 6.07 Å². The lowest BCUT2D eigenvalue weighted by Crippen LogP contribution is -2.28. The number of nitro benzene ring substituents is 1. The fourth-order valence-electron chi connectivity index (χ4n) is 2.46. The second kappa shape index (κ2) is 9.27. The molecule has 0 saturated heterocycles. The van der Waals surface area contributed by atoms with Gasteiger partial charge < -0.3 is 5.32 Å². The van der Waals surface area contributed by atoms with E-state index in [9.17, 15) is 19.7 Å². The molecule has 0 spiro atoms. The quantitative estimate of drug-likeness (QED) is 0.197. The van der Waals surface area contributed by atoms with E-state index >= 15 is 0 Å². The molecular weight excluding hydrogens is 332 g/mol. The standard InChI is InChI=1S/C20H20N2O4/c1-15(23)19(14-17-9-5-11-18(13-17)22(25)26)20(24)21-12-6-10-16-7-3-2-4-8-16/h2-5,7-9,11,13-14H,6,10,12H2,1H3,(H,21,24)/b19-14-. The van der Waals surface area contributed by atoms with Crippen molar-refractivity contribution in [3.8, 4) is 0 Å². The lowest BCUT2D eigenvalue weighted by molar-refractivity contribution is -0.384. The first kappa shape index (κ1) is 19.1. The van der Waals surface area contributed by atoms with Gasteiger partial charge in [-0.15, -0.1) is 0 Å². The Morgan fingerprint density at radius 3 is 2.50 bits per heavy atom. The van der Waals surface area contributed by atoms with Crippen LogP contribution in [0.1, 0.15) is 24.5 Å². The van der Waals surface area contributed by atoms with Crippen molar-refractivity contribution in [1.29, 1.82) is 0 Å². The first-order valence-corrected chi connectivity index (χ1v) is 8.26. The summed E-state index contributed by atoms with van der Waals surface area (Å²) in [4.78, 5) is 34.4. The van der Waals surface area contributed by atoms with Crippen LogP contribution in [0.5, 0.6) is 0 Å². The summed E-state index contributed by atoms with van der Waals surface area (Å²) in [5, 5.41) is 13.6. The Bertz CT molecular complexity index is 829. The number of ketones is 1. The molecule has 2 rings (SSSR count). The van der Waals surface area contributed by atoms with Gasteiger partial charge in [-0.05, 0) is 37.0 Å². The Morgan fingerprint density at radius 2 is 1.85 bits per heavy atom. The van der Waals surface area contributed by atoms with Crippen LogP contribution in [-0.4, -0.2) is 23.2 Å². The first-order chi connectivity index (χ1) is 12.5. The monoisotopic (exact) mass is 352 g/mol. The molecule has 0 aromatic heterocycles. The van der Waals surface area contributed by atoms with E-state index in [4.69, 9.17) is 0 Å². The fraction of sp³-hybridized carbons (Fsp3) is 0.200. The van der Waals surface area contributed by atoms with Gasteiger partial charge in [0.05, 0.1) is 10.5 Å². The molecule has 0 heterocycles. The largest absolute Gasteiger partial charge is 0.352 e. The van der Waals surface area contributed by atoms with Crippen molar-refractivity contribution in [3.05, 3.63) is 81.4 Å². The molecule has 0 aliphatic rings. The maximum Gasteiger partial charge on any atom is 0.270 e. The Morgan fingerprint density at radius 1 is 1.12 bits per heavy atom. The number of rotatable bonds is 8. The number of hydrogen-bond donors (Lipinski definition) is 1. The van der Waals surface area contributed by atoms with Gasteiger partial charge >= 0.3 is 0 Å². The lowest BCUT2D eigenvalue weighted by Gasteiger charge is -2.07. The Hall–Kier alpha value is -3.28. The molecule has 1 N–H and O–H groups in total. The minimum atomic E-state index is -0.519. The normalized spacial score (nSPS) is 11.0. The predicted molar refractivity (Wildman–Crippen MR) is 99.5 cm³/mol. The minimum Gasteiger partial charge on any atom is -0.352 e. The molecule has 6 heteroatoms. The van der Waals surface area contributed by atoms with Gasteiger partial charge in [0.1, 0.15) is 0 Å². The first-order valence-electron chi connectivity index (χ1n) is 8.26. The number of nitrogens with one attached hydrogen (secondary N) is 1. The molecule has 0 radical (unpaired) electrons. The van der Waals surface area contributed by atoms with Crippen molar-refractivity contribution in [1.82, 2.24) is 5.32 Å². The van der Waals surface area contributed by atoms with Crippen molar-refractivity contribution in [2.24, 2.45) is 0 Å². The Labute approximate surface area is 151 Å². The summed E-state index contributed by atoms with van der Waals surface area (Å²) in [5.74, 6) is -0.867. The van der Waals surface area contributed by atoms with Crippen molar-refractivity contribution < 1.29 is 14.5 Å². The van der Waals surface area contributed by atoms with Gasteiger partial charge in [-0.1, -0.05) is 42.5 Å². The van der Waals surface area contributed by atoms with E-state index < -0.39 is 16.6 Å². The maximum atomic E-state index is 12.3. The van der Waals surface area contributed by atoms with E-state index in [1.165, 1.54) is 36.8 Å². The van der Waals surface area contributed by atoms with Crippen molar-refractivity contribution in [2.75, 3.05) is 6.54 Å². The number of amides is 1. The van der Waals surface area contributed by atoms with Crippen molar-refractivity contribution in [3.63, 3.8) is 0 Å². The molecule has 134 valence electrons. The summed E-state index contributed by atoms with van der Waals surface area (Å²) in [6, 6.07) is 15.7. The summed E-state index contributed by atoms with van der Waals surface area (Å²) < 4.78 is 0. The molecule has 0 atom stereocenters. The van der Waals surface area contributed by atoms with Crippen molar-refractivity contribution >= 4 is 23.5 Å². The highest BCUT2D eigenvalue weighted by Crippen LogP contribution is 2.16. The van der Waals surface area contributed by atoms with Crippen LogP contribution in [0.4, 0.5) is 5.69 Å². The zero-order valence-electron chi connectivity index (χ0n) is 14.5. The zero-order chi connectivity index (χ0) is 18.9. The molecule has 0 saturated carbocycles. The third-order valence-electron chi connectivity index (χ3n) is 3.79. The van der Waals surface area contributed by atoms with Gasteiger partial charge in [-0.2, -0.15) is 0 Å². The predicted octanol–water partition coefficient (Wildman–Crippen LogP) is 3.32. The van der Waals surface area contributed by atoms with Gasteiger partial charge in [0.25, 0.3) is 11.6 Å². The number of nitro groups is 1. The zero-order valence-corrected chi connectivity index (χ0v) is 14.5. The van der Waals surface area contributed by atoms with Gasteiger partial charge in [0.2, 0.25) is 0 Å². The third kappa shape index (κ3) is 5.66. The maximum absolute atomic E-state index is 12.3. The second-order valence-electron chi connectivity index (χ2n) is 5.81. The molecule has 2 aromatic rings. The van der Waals surface area contributed by atoms with Crippen LogP contribution in [0.25, 0.3) is 6.08 Å². The molecule has 0 bridgehead atoms. The molecule has 0 unspecified atom stereocenters. The van der Waals surface area contributed by atoms with Gasteiger partial charge in [0.15, 0.2) is 5.78 Å². The number of non-ortho nitro benzene ring substituents is 1. The van der Waals surface area contributed by atoms with E-state index in [0.29, 0.717) is 12.1 Å². The van der Waals surface area contributed by atoms with Crippen LogP contribution in [0.15, 0.2) is 60.2 Å². The molecule has 26 heavy (non-hydrogen) atoms. The SMILES string of the molecule is CC(=O)/C(=C/c1cccc([N+](=O)[O-])c1)C(=O)NCCCc1ccccc1. The van der Waals surface area contributed by atoms with E-state index in [0.717, 1.165) is 12.8 Å². The Balaban J connectivity index is 1.99. The topological polar surface area (TPSA) is 89.3 Å². The molecule has 6 nitrogen and oxygen atoms in total. The highest BCUT2D eigenvalue weighted by molar-refractivity contribution is 6.21. The summed E-state index contributed by atoms with van der Waals surface area (Å²) in [6.45, 7) is 1.74. The van der Waals surface area contributed by atoms with Crippen LogP contribution >= 0.6 is 0 Å². The number of Topliss-reactive ketones (excluding diaryl/α,β-unsaturated/α-hetero) is 1. The number of hydrogen-bond acceptors (Lipinski definition) is 4.